The summed E-state index contributed by atoms with van der Waals surface area (Å²) in [6.07, 6.45) is 0. The van der Waals surface area contributed by atoms with Crippen LogP contribution in [0, 0.1) is 0 Å². The fourth-order valence-corrected chi connectivity index (χ4v) is 11.7. The second-order valence-corrected chi connectivity index (χ2v) is 22.5. The van der Waals surface area contributed by atoms with Gasteiger partial charge in [-0.2, -0.15) is 0 Å². The Hall–Kier alpha value is -6.56. The van der Waals surface area contributed by atoms with E-state index in [1.165, 1.54) is 92.8 Å². The fraction of sp³-hybridized carbons (Fsp3) is 0.200. The standard InChI is InChI=1S/C60H53BN2OS/c1-58(2,3)37-23-27-40(28-24-37)63-50-35-54-44(42-20-14-16-22-53(42)65-54)33-46(50)55-56-51(34-45-41-19-13-15-21-52(41)64-57(45)55)62(49-30-26-39(60(7,8)9)32-47(49)61(56)63)48-29-25-38(59(4,5)6)31-43(48)36-17-11-10-12-18-36/h10-35H,1-9H3. The molecule has 2 aromatic heterocycles. The van der Waals surface area contributed by atoms with Crippen LogP contribution in [0.15, 0.2) is 162 Å². The Bertz CT molecular complexity index is 3560. The molecule has 0 N–H and O–H groups in total. The van der Waals surface area contributed by atoms with Crippen LogP contribution in [0.5, 0.6) is 0 Å². The van der Waals surface area contributed by atoms with Gasteiger partial charge in [0.25, 0.3) is 0 Å². The molecule has 2 aliphatic rings. The highest BCUT2D eigenvalue weighted by molar-refractivity contribution is 7.25. The van der Waals surface area contributed by atoms with E-state index in [2.05, 4.69) is 230 Å². The van der Waals surface area contributed by atoms with E-state index in [1.807, 2.05) is 11.3 Å². The maximum Gasteiger partial charge on any atom is 0.333 e. The Morgan fingerprint density at radius 1 is 0.462 bits per heavy atom. The molecular weight excluding hydrogens is 808 g/mol. The van der Waals surface area contributed by atoms with Crippen molar-refractivity contribution in [3.05, 3.63) is 174 Å². The van der Waals surface area contributed by atoms with Crippen molar-refractivity contribution in [3.8, 4) is 22.3 Å². The van der Waals surface area contributed by atoms with Crippen molar-refractivity contribution in [1.82, 2.24) is 0 Å². The Morgan fingerprint density at radius 3 is 1.82 bits per heavy atom. The molecule has 318 valence electrons. The molecule has 0 amide bonds. The summed E-state index contributed by atoms with van der Waals surface area (Å²) in [6, 6.07) is 59.8. The molecule has 0 radical (unpaired) electrons. The number of hydrogen-bond donors (Lipinski definition) is 0. The van der Waals surface area contributed by atoms with Crippen molar-refractivity contribution in [2.45, 2.75) is 78.6 Å². The summed E-state index contributed by atoms with van der Waals surface area (Å²) in [5, 5.41) is 4.82. The van der Waals surface area contributed by atoms with Crippen LogP contribution in [0.25, 0.3) is 64.4 Å². The number of benzene rings is 8. The van der Waals surface area contributed by atoms with Gasteiger partial charge in [0.15, 0.2) is 0 Å². The first-order valence-corrected chi connectivity index (χ1v) is 23.9. The first kappa shape index (κ1) is 40.0. The first-order valence-electron chi connectivity index (χ1n) is 23.1. The molecule has 12 rings (SSSR count). The molecule has 0 saturated heterocycles. The van der Waals surface area contributed by atoms with Crippen molar-refractivity contribution < 1.29 is 4.42 Å². The number of rotatable bonds is 3. The molecule has 8 aromatic carbocycles. The molecule has 0 fully saturated rings. The molecule has 0 atom stereocenters. The summed E-state index contributed by atoms with van der Waals surface area (Å²) < 4.78 is 9.76. The van der Waals surface area contributed by atoms with E-state index < -0.39 is 0 Å². The van der Waals surface area contributed by atoms with E-state index in [4.69, 9.17) is 4.42 Å². The predicted molar refractivity (Wildman–Crippen MR) is 282 cm³/mol. The third-order valence-electron chi connectivity index (χ3n) is 14.1. The predicted octanol–water partition coefficient (Wildman–Crippen LogP) is 16.2. The summed E-state index contributed by atoms with van der Waals surface area (Å²) in [7, 11) is 0. The molecule has 0 aliphatic carbocycles. The first-order chi connectivity index (χ1) is 31.1. The van der Waals surface area contributed by atoms with Crippen molar-refractivity contribution in [1.29, 1.82) is 0 Å². The van der Waals surface area contributed by atoms with Gasteiger partial charge in [-0.25, -0.2) is 0 Å². The van der Waals surface area contributed by atoms with Crippen molar-refractivity contribution in [2.24, 2.45) is 0 Å². The van der Waals surface area contributed by atoms with E-state index >= 15 is 0 Å². The number of fused-ring (bicyclic) bond motifs is 11. The maximum atomic E-state index is 7.17. The summed E-state index contributed by atoms with van der Waals surface area (Å²) in [5.74, 6) is 0. The molecular formula is C60H53BN2OS. The van der Waals surface area contributed by atoms with E-state index in [0.29, 0.717) is 0 Å². The number of furan rings is 1. The number of para-hydroxylation sites is 1. The lowest BCUT2D eigenvalue weighted by Crippen LogP contribution is -2.61. The molecule has 0 bridgehead atoms. The summed E-state index contributed by atoms with van der Waals surface area (Å²) >= 11 is 1.89. The summed E-state index contributed by atoms with van der Waals surface area (Å²) in [6.45, 7) is 20.7. The highest BCUT2D eigenvalue weighted by Crippen LogP contribution is 2.54. The van der Waals surface area contributed by atoms with Crippen LogP contribution in [0.4, 0.5) is 28.4 Å². The van der Waals surface area contributed by atoms with Crippen LogP contribution in [-0.4, -0.2) is 6.85 Å². The van der Waals surface area contributed by atoms with Gasteiger partial charge in [-0.15, -0.1) is 11.3 Å². The molecule has 4 heterocycles. The number of thiophene rings is 1. The molecule has 2 aliphatic heterocycles. The topological polar surface area (TPSA) is 19.6 Å². The number of nitrogens with zero attached hydrogens (tertiary/aromatic N) is 2. The van der Waals surface area contributed by atoms with Crippen LogP contribution in [0.3, 0.4) is 0 Å². The van der Waals surface area contributed by atoms with E-state index in [1.54, 1.807) is 0 Å². The highest BCUT2D eigenvalue weighted by atomic mass is 32.1. The lowest BCUT2D eigenvalue weighted by molar-refractivity contribution is 0.590. The van der Waals surface area contributed by atoms with E-state index in [0.717, 1.165) is 27.6 Å². The lowest BCUT2D eigenvalue weighted by Gasteiger charge is -2.46. The van der Waals surface area contributed by atoms with Crippen molar-refractivity contribution in [2.75, 3.05) is 9.71 Å². The number of hydrogen-bond acceptors (Lipinski definition) is 4. The Balaban J connectivity index is 1.27. The van der Waals surface area contributed by atoms with Crippen molar-refractivity contribution >= 4 is 99.7 Å². The minimum atomic E-state index is -0.167. The van der Waals surface area contributed by atoms with E-state index in [9.17, 15) is 0 Å². The average molecular weight is 861 g/mol. The molecule has 0 spiro atoms. The lowest BCUT2D eigenvalue weighted by atomic mass is 9.43. The zero-order valence-electron chi connectivity index (χ0n) is 38.8. The van der Waals surface area contributed by atoms with Gasteiger partial charge in [-0.3, -0.25) is 0 Å². The second kappa shape index (κ2) is 14.0. The molecule has 65 heavy (non-hydrogen) atoms. The zero-order valence-corrected chi connectivity index (χ0v) is 39.6. The molecule has 5 heteroatoms. The third kappa shape index (κ3) is 6.15. The van der Waals surface area contributed by atoms with Gasteiger partial charge in [-0.05, 0) is 110 Å². The smallest absolute Gasteiger partial charge is 0.333 e. The highest BCUT2D eigenvalue weighted by Gasteiger charge is 2.47. The minimum absolute atomic E-state index is 0.0206. The van der Waals surface area contributed by atoms with Crippen LogP contribution in [-0.2, 0) is 16.2 Å². The largest absolute Gasteiger partial charge is 0.455 e. The van der Waals surface area contributed by atoms with Gasteiger partial charge in [0.2, 0.25) is 0 Å². The Labute approximate surface area is 387 Å². The average Bonchev–Trinajstić information content (AvgIpc) is 3.85. The van der Waals surface area contributed by atoms with E-state index in [-0.39, 0.29) is 23.1 Å². The van der Waals surface area contributed by atoms with Gasteiger partial charge in [0, 0.05) is 70.4 Å². The van der Waals surface area contributed by atoms with Crippen LogP contribution >= 0.6 is 11.3 Å². The van der Waals surface area contributed by atoms with Crippen LogP contribution in [0.1, 0.15) is 79.0 Å². The maximum absolute atomic E-state index is 7.17. The van der Waals surface area contributed by atoms with Crippen LogP contribution < -0.4 is 20.6 Å². The summed E-state index contributed by atoms with van der Waals surface area (Å²) in [4.78, 5) is 5.26. The van der Waals surface area contributed by atoms with Gasteiger partial charge in [-0.1, -0.05) is 159 Å². The zero-order chi connectivity index (χ0) is 44.7. The second-order valence-electron chi connectivity index (χ2n) is 21.4. The van der Waals surface area contributed by atoms with Crippen molar-refractivity contribution in [3.63, 3.8) is 0 Å². The number of anilines is 5. The van der Waals surface area contributed by atoms with Crippen LogP contribution in [0.2, 0.25) is 0 Å². The molecule has 0 unspecified atom stereocenters. The monoisotopic (exact) mass is 860 g/mol. The Morgan fingerprint density at radius 2 is 1.09 bits per heavy atom. The quantitative estimate of drug-likeness (QED) is 0.165. The molecule has 0 saturated carbocycles. The minimum Gasteiger partial charge on any atom is -0.455 e. The fourth-order valence-electron chi connectivity index (χ4n) is 10.6. The van der Waals surface area contributed by atoms with Gasteiger partial charge in [0.05, 0.1) is 5.69 Å². The van der Waals surface area contributed by atoms with Gasteiger partial charge < -0.3 is 14.1 Å². The summed E-state index contributed by atoms with van der Waals surface area (Å²) in [5.41, 5.74) is 18.9. The third-order valence-corrected chi connectivity index (χ3v) is 15.2. The molecule has 3 nitrogen and oxygen atoms in total. The van der Waals surface area contributed by atoms with Gasteiger partial charge >= 0.3 is 6.85 Å². The SMILES string of the molecule is CC(C)(C)c1ccc(N2B3c4cc(C(C)(C)C)ccc4N(c4ccc(C(C)(C)C)cc4-c4ccccc4)c4cc5c(oc6ccccc65)c(c43)-c3cc4c(cc32)sc2ccccc24)cc1. The normalized spacial score (nSPS) is 13.8. The Kier molecular flexibility index (Phi) is 8.60. The van der Waals surface area contributed by atoms with Gasteiger partial charge in [0.1, 0.15) is 11.2 Å². The molecule has 10 aromatic rings.